The third-order valence-corrected chi connectivity index (χ3v) is 4.09. The van der Waals surface area contributed by atoms with E-state index in [0.717, 1.165) is 4.88 Å². The van der Waals surface area contributed by atoms with Crippen LogP contribution in [0.4, 0.5) is 0 Å². The molecule has 2 aromatic rings. The molecule has 0 fully saturated rings. The average Bonchev–Trinajstić information content (AvgIpc) is 2.83. The Morgan fingerprint density at radius 1 is 1.22 bits per heavy atom. The molecule has 90 valence electrons. The summed E-state index contributed by atoms with van der Waals surface area (Å²) in [6, 6.07) is 10.8. The van der Waals surface area contributed by atoms with Crippen LogP contribution in [0.5, 0.6) is 0 Å². The molecule has 0 saturated heterocycles. The van der Waals surface area contributed by atoms with Crippen LogP contribution < -0.4 is 0 Å². The number of nitrogens with zero attached hydrogens (tertiary/aromatic N) is 1. The third kappa shape index (κ3) is 2.71. The summed E-state index contributed by atoms with van der Waals surface area (Å²) >= 11 is 19.6. The summed E-state index contributed by atoms with van der Waals surface area (Å²) in [5.41, 5.74) is 1.02. The monoisotopic (exact) mass is 313 g/mol. The maximum absolute atomic E-state index is 9.22. The molecule has 1 nitrogen and oxygen atoms in total. The van der Waals surface area contributed by atoms with Crippen LogP contribution in [-0.2, 0) is 0 Å². The van der Waals surface area contributed by atoms with Crippen molar-refractivity contribution in [2.45, 2.75) is 0 Å². The Balaban J connectivity index is 2.58. The molecule has 1 heterocycles. The number of halogens is 3. The highest BCUT2D eigenvalue weighted by atomic mass is 35.5. The minimum absolute atomic E-state index is 0.335. The van der Waals surface area contributed by atoms with E-state index in [1.54, 1.807) is 18.2 Å². The molecule has 2 rings (SSSR count). The van der Waals surface area contributed by atoms with Gasteiger partial charge in [0.05, 0.1) is 15.6 Å². The summed E-state index contributed by atoms with van der Waals surface area (Å²) < 4.78 is 0. The van der Waals surface area contributed by atoms with E-state index < -0.39 is 0 Å². The fourth-order valence-electron chi connectivity index (χ4n) is 1.44. The molecule has 0 unspecified atom stereocenters. The van der Waals surface area contributed by atoms with Gasteiger partial charge in [-0.1, -0.05) is 46.9 Å². The van der Waals surface area contributed by atoms with Crippen molar-refractivity contribution in [2.24, 2.45) is 0 Å². The molecule has 0 saturated carbocycles. The zero-order chi connectivity index (χ0) is 13.1. The first-order chi connectivity index (χ1) is 8.63. The zero-order valence-corrected chi connectivity index (χ0v) is 12.0. The Bertz CT molecular complexity index is 639. The Labute approximate surface area is 124 Å². The van der Waals surface area contributed by atoms with Gasteiger partial charge >= 0.3 is 0 Å². The lowest BCUT2D eigenvalue weighted by Crippen LogP contribution is -1.85. The van der Waals surface area contributed by atoms with E-state index in [9.17, 15) is 5.26 Å². The highest BCUT2D eigenvalue weighted by Gasteiger charge is 2.13. The second kappa shape index (κ2) is 5.77. The van der Waals surface area contributed by atoms with Crippen LogP contribution >= 0.6 is 46.1 Å². The Morgan fingerprint density at radius 2 is 2.00 bits per heavy atom. The van der Waals surface area contributed by atoms with Crippen molar-refractivity contribution < 1.29 is 0 Å². The maximum atomic E-state index is 9.22. The standard InChI is InChI=1S/C13H6Cl3NS/c14-8-3-4-9(11(15)6-8)13(16)10(7-17)12-2-1-5-18-12/h1-6H/b13-10-. The van der Waals surface area contributed by atoms with Crippen molar-refractivity contribution in [2.75, 3.05) is 0 Å². The van der Waals surface area contributed by atoms with Crippen LogP contribution in [0.3, 0.4) is 0 Å². The maximum Gasteiger partial charge on any atom is 0.102 e. The highest BCUT2D eigenvalue weighted by Crippen LogP contribution is 2.35. The van der Waals surface area contributed by atoms with Gasteiger partial charge in [0.1, 0.15) is 6.07 Å². The van der Waals surface area contributed by atoms with Crippen molar-refractivity contribution >= 4 is 56.7 Å². The first-order valence-electron chi connectivity index (χ1n) is 4.92. The second-order valence-electron chi connectivity index (χ2n) is 3.40. The van der Waals surface area contributed by atoms with Crippen LogP contribution in [0.1, 0.15) is 10.4 Å². The predicted octanol–water partition coefficient (Wildman–Crippen LogP) is 5.69. The summed E-state index contributed by atoms with van der Waals surface area (Å²) in [6.07, 6.45) is 0. The molecule has 0 atom stereocenters. The number of hydrogen-bond acceptors (Lipinski definition) is 2. The van der Waals surface area contributed by atoms with E-state index in [0.29, 0.717) is 26.2 Å². The smallest absolute Gasteiger partial charge is 0.102 e. The quantitative estimate of drug-likeness (QED) is 0.654. The minimum Gasteiger partial charge on any atom is -0.192 e. The number of thiophene rings is 1. The van der Waals surface area contributed by atoms with Gasteiger partial charge in [-0.15, -0.1) is 11.3 Å². The van der Waals surface area contributed by atoms with Crippen molar-refractivity contribution in [1.29, 1.82) is 5.26 Å². The van der Waals surface area contributed by atoms with E-state index in [4.69, 9.17) is 34.8 Å². The molecular formula is C13H6Cl3NS. The highest BCUT2D eigenvalue weighted by molar-refractivity contribution is 7.11. The van der Waals surface area contributed by atoms with Gasteiger partial charge in [0.2, 0.25) is 0 Å². The van der Waals surface area contributed by atoms with E-state index in [1.165, 1.54) is 11.3 Å². The van der Waals surface area contributed by atoms with Crippen LogP contribution in [0.15, 0.2) is 35.7 Å². The first-order valence-corrected chi connectivity index (χ1v) is 6.94. The van der Waals surface area contributed by atoms with Gasteiger partial charge < -0.3 is 0 Å². The molecule has 0 radical (unpaired) electrons. The number of benzene rings is 1. The average molecular weight is 315 g/mol. The molecule has 0 aliphatic heterocycles. The molecule has 1 aromatic carbocycles. The fraction of sp³-hybridized carbons (Fsp3) is 0. The molecule has 1 aromatic heterocycles. The van der Waals surface area contributed by atoms with Crippen LogP contribution in [0, 0.1) is 11.3 Å². The zero-order valence-electron chi connectivity index (χ0n) is 8.95. The largest absolute Gasteiger partial charge is 0.192 e. The van der Waals surface area contributed by atoms with Crippen molar-refractivity contribution in [3.8, 4) is 6.07 Å². The summed E-state index contributed by atoms with van der Waals surface area (Å²) in [5, 5.41) is 12.4. The molecule has 18 heavy (non-hydrogen) atoms. The number of rotatable bonds is 2. The third-order valence-electron chi connectivity index (χ3n) is 2.27. The second-order valence-corrected chi connectivity index (χ2v) is 5.57. The molecular weight excluding hydrogens is 309 g/mol. The lowest BCUT2D eigenvalue weighted by atomic mass is 10.1. The van der Waals surface area contributed by atoms with Crippen molar-refractivity contribution in [3.05, 3.63) is 56.2 Å². The van der Waals surface area contributed by atoms with Crippen molar-refractivity contribution in [1.82, 2.24) is 0 Å². The summed E-state index contributed by atoms with van der Waals surface area (Å²) in [4.78, 5) is 0.813. The summed E-state index contributed by atoms with van der Waals surface area (Å²) in [7, 11) is 0. The van der Waals surface area contributed by atoms with Crippen LogP contribution in [-0.4, -0.2) is 0 Å². The Kier molecular flexibility index (Phi) is 4.31. The molecule has 5 heteroatoms. The first kappa shape index (κ1) is 13.5. The van der Waals surface area contributed by atoms with Gasteiger partial charge in [-0.2, -0.15) is 5.26 Å². The molecule has 0 aliphatic carbocycles. The SMILES string of the molecule is N#C/C(=C(/Cl)c1ccc(Cl)cc1Cl)c1cccs1. The minimum atomic E-state index is 0.335. The molecule has 0 N–H and O–H groups in total. The van der Waals surface area contributed by atoms with E-state index >= 15 is 0 Å². The summed E-state index contributed by atoms with van der Waals surface area (Å²) in [5.74, 6) is 0. The van der Waals surface area contributed by atoms with Gasteiger partial charge in [0, 0.05) is 15.5 Å². The molecule has 0 spiro atoms. The van der Waals surface area contributed by atoms with E-state index in [-0.39, 0.29) is 0 Å². The van der Waals surface area contributed by atoms with E-state index in [2.05, 4.69) is 6.07 Å². The topological polar surface area (TPSA) is 23.8 Å². The van der Waals surface area contributed by atoms with Crippen LogP contribution in [0.25, 0.3) is 10.6 Å². The number of hydrogen-bond donors (Lipinski definition) is 0. The molecule has 0 aliphatic rings. The van der Waals surface area contributed by atoms with Gasteiger partial charge in [-0.3, -0.25) is 0 Å². The van der Waals surface area contributed by atoms with Gasteiger partial charge in [0.15, 0.2) is 0 Å². The Morgan fingerprint density at radius 3 is 2.56 bits per heavy atom. The van der Waals surface area contributed by atoms with Gasteiger partial charge in [-0.25, -0.2) is 0 Å². The lowest BCUT2D eigenvalue weighted by Gasteiger charge is -2.05. The van der Waals surface area contributed by atoms with E-state index in [1.807, 2.05) is 17.5 Å². The molecule has 0 amide bonds. The van der Waals surface area contributed by atoms with Crippen molar-refractivity contribution in [3.63, 3.8) is 0 Å². The number of nitriles is 1. The fourth-order valence-corrected chi connectivity index (χ4v) is 3.08. The predicted molar refractivity (Wildman–Crippen MR) is 79.1 cm³/mol. The number of allylic oxidation sites excluding steroid dienone is 1. The van der Waals surface area contributed by atoms with Gasteiger partial charge in [0.25, 0.3) is 0 Å². The molecule has 0 bridgehead atoms. The lowest BCUT2D eigenvalue weighted by molar-refractivity contribution is 1.54. The van der Waals surface area contributed by atoms with Crippen LogP contribution in [0.2, 0.25) is 10.0 Å². The normalized spacial score (nSPS) is 11.9. The summed E-state index contributed by atoms with van der Waals surface area (Å²) in [6.45, 7) is 0. The van der Waals surface area contributed by atoms with Gasteiger partial charge in [-0.05, 0) is 23.6 Å². The Hall–Kier alpha value is -0.980.